The molecule has 1 fully saturated rings. The van der Waals surface area contributed by atoms with Crippen LogP contribution >= 0.6 is 0 Å². The topological polar surface area (TPSA) is 40.5 Å². The molecule has 1 heterocycles. The third-order valence-electron chi connectivity index (χ3n) is 3.20. The molecular weight excluding hydrogens is 234 g/mol. The molecule has 0 amide bonds. The molecule has 0 bridgehead atoms. The fourth-order valence-electron chi connectivity index (χ4n) is 2.16. The Morgan fingerprint density at radius 2 is 2.00 bits per heavy atom. The fourth-order valence-corrected chi connectivity index (χ4v) is 3.21. The number of para-hydroxylation sites is 1. The molecule has 1 aromatic rings. The van der Waals surface area contributed by atoms with Crippen molar-refractivity contribution in [3.05, 3.63) is 29.8 Å². The zero-order valence-corrected chi connectivity index (χ0v) is 10.9. The number of nitrogens with zero attached hydrogens (tertiary/aromatic N) is 1. The van der Waals surface area contributed by atoms with Gasteiger partial charge < -0.3 is 10.0 Å². The first kappa shape index (κ1) is 12.6. The lowest BCUT2D eigenvalue weighted by atomic mass is 10.0. The van der Waals surface area contributed by atoms with Gasteiger partial charge in [-0.3, -0.25) is 4.21 Å². The third-order valence-corrected chi connectivity index (χ3v) is 4.48. The van der Waals surface area contributed by atoms with Gasteiger partial charge in [-0.25, -0.2) is 0 Å². The largest absolute Gasteiger partial charge is 0.388 e. The van der Waals surface area contributed by atoms with Crippen molar-refractivity contribution in [2.75, 3.05) is 29.5 Å². The summed E-state index contributed by atoms with van der Waals surface area (Å²) in [6.07, 6.45) is 0.315. The van der Waals surface area contributed by atoms with Crippen LogP contribution < -0.4 is 4.90 Å². The van der Waals surface area contributed by atoms with E-state index in [9.17, 15) is 9.32 Å². The molecule has 0 saturated carbocycles. The number of aliphatic hydroxyl groups excluding tert-OH is 1. The molecule has 1 atom stereocenters. The van der Waals surface area contributed by atoms with Crippen LogP contribution in [0.5, 0.6) is 0 Å². The summed E-state index contributed by atoms with van der Waals surface area (Å²) < 4.78 is 11.3. The van der Waals surface area contributed by atoms with Crippen LogP contribution in [0.3, 0.4) is 0 Å². The van der Waals surface area contributed by atoms with E-state index in [0.717, 1.165) is 42.3 Å². The van der Waals surface area contributed by atoms with Gasteiger partial charge in [-0.05, 0) is 12.5 Å². The maximum atomic E-state index is 11.3. The molecule has 1 saturated heterocycles. The summed E-state index contributed by atoms with van der Waals surface area (Å²) >= 11 is 0. The molecule has 0 aromatic heterocycles. The van der Waals surface area contributed by atoms with Crippen LogP contribution in [0, 0.1) is 0 Å². The SMILES string of the molecule is CCC(O)c1ccccc1N1CCS(=O)CC1. The highest BCUT2D eigenvalue weighted by Crippen LogP contribution is 2.28. The predicted molar refractivity (Wildman–Crippen MR) is 71.8 cm³/mol. The van der Waals surface area contributed by atoms with Crippen molar-refractivity contribution in [3.63, 3.8) is 0 Å². The van der Waals surface area contributed by atoms with Gasteiger partial charge in [0, 0.05) is 46.6 Å². The maximum absolute atomic E-state index is 11.3. The molecule has 1 aromatic carbocycles. The second kappa shape index (κ2) is 5.65. The monoisotopic (exact) mass is 253 g/mol. The normalized spacial score (nSPS) is 19.3. The zero-order valence-electron chi connectivity index (χ0n) is 10.1. The maximum Gasteiger partial charge on any atom is 0.0807 e. The summed E-state index contributed by atoms with van der Waals surface area (Å²) in [5.74, 6) is 1.47. The predicted octanol–water partition coefficient (Wildman–Crippen LogP) is 1.70. The van der Waals surface area contributed by atoms with E-state index >= 15 is 0 Å². The standard InChI is InChI=1S/C13H19NO2S/c1-2-13(15)11-5-3-4-6-12(11)14-7-9-17(16)10-8-14/h3-6,13,15H,2,7-10H2,1H3. The molecule has 4 heteroatoms. The molecular formula is C13H19NO2S. The summed E-state index contributed by atoms with van der Waals surface area (Å²) in [6, 6.07) is 7.98. The highest BCUT2D eigenvalue weighted by atomic mass is 32.2. The fraction of sp³-hybridized carbons (Fsp3) is 0.538. The molecule has 3 nitrogen and oxygen atoms in total. The summed E-state index contributed by atoms with van der Waals surface area (Å²) in [4.78, 5) is 2.23. The van der Waals surface area contributed by atoms with E-state index in [4.69, 9.17) is 0 Å². The van der Waals surface area contributed by atoms with E-state index < -0.39 is 16.9 Å². The van der Waals surface area contributed by atoms with Gasteiger partial charge in [-0.15, -0.1) is 0 Å². The van der Waals surface area contributed by atoms with Crippen LogP contribution in [-0.4, -0.2) is 33.9 Å². The quantitative estimate of drug-likeness (QED) is 0.891. The van der Waals surface area contributed by atoms with Crippen LogP contribution in [0.1, 0.15) is 25.0 Å². The smallest absolute Gasteiger partial charge is 0.0807 e. The zero-order chi connectivity index (χ0) is 12.3. The third kappa shape index (κ3) is 2.87. The van der Waals surface area contributed by atoms with Crippen molar-refractivity contribution in [1.29, 1.82) is 0 Å². The van der Waals surface area contributed by atoms with E-state index in [-0.39, 0.29) is 0 Å². The number of aliphatic hydroxyl groups is 1. The summed E-state index contributed by atoms with van der Waals surface area (Å²) in [7, 11) is -0.658. The molecule has 94 valence electrons. The first-order valence-corrected chi connectivity index (χ1v) is 7.58. The average Bonchev–Trinajstić information content (AvgIpc) is 2.39. The van der Waals surface area contributed by atoms with E-state index in [1.54, 1.807) is 0 Å². The second-order valence-electron chi connectivity index (χ2n) is 4.32. The number of anilines is 1. The molecule has 0 aliphatic carbocycles. The molecule has 0 spiro atoms. The number of hydrogen-bond donors (Lipinski definition) is 1. The molecule has 1 unspecified atom stereocenters. The van der Waals surface area contributed by atoms with Gasteiger partial charge in [-0.1, -0.05) is 25.1 Å². The van der Waals surface area contributed by atoms with Crippen LogP contribution in [-0.2, 0) is 10.8 Å². The van der Waals surface area contributed by atoms with E-state index in [2.05, 4.69) is 4.90 Å². The lowest BCUT2D eigenvalue weighted by Crippen LogP contribution is -2.38. The Bertz CT molecular complexity index is 398. The van der Waals surface area contributed by atoms with Gasteiger partial charge in [0.2, 0.25) is 0 Å². The molecule has 0 radical (unpaired) electrons. The van der Waals surface area contributed by atoms with Crippen molar-refractivity contribution in [2.45, 2.75) is 19.4 Å². The minimum Gasteiger partial charge on any atom is -0.388 e. The summed E-state index contributed by atoms with van der Waals surface area (Å²) in [6.45, 7) is 3.62. The van der Waals surface area contributed by atoms with E-state index in [1.807, 2.05) is 31.2 Å². The van der Waals surface area contributed by atoms with Crippen LogP contribution in [0.25, 0.3) is 0 Å². The van der Waals surface area contributed by atoms with Gasteiger partial charge >= 0.3 is 0 Å². The van der Waals surface area contributed by atoms with E-state index in [1.165, 1.54) is 0 Å². The molecule has 17 heavy (non-hydrogen) atoms. The van der Waals surface area contributed by atoms with Crippen molar-refractivity contribution in [2.24, 2.45) is 0 Å². The minimum absolute atomic E-state index is 0.404. The van der Waals surface area contributed by atoms with Gasteiger partial charge in [0.1, 0.15) is 0 Å². The minimum atomic E-state index is -0.658. The average molecular weight is 253 g/mol. The molecule has 1 aliphatic rings. The van der Waals surface area contributed by atoms with E-state index in [0.29, 0.717) is 0 Å². The van der Waals surface area contributed by atoms with Crippen molar-refractivity contribution >= 4 is 16.5 Å². The number of rotatable bonds is 3. The van der Waals surface area contributed by atoms with Crippen molar-refractivity contribution in [1.82, 2.24) is 0 Å². The van der Waals surface area contributed by atoms with Gasteiger partial charge in [0.25, 0.3) is 0 Å². The second-order valence-corrected chi connectivity index (χ2v) is 6.01. The first-order chi connectivity index (χ1) is 8.22. The Labute approximate surface area is 105 Å². The summed E-state index contributed by atoms with van der Waals surface area (Å²) in [5.41, 5.74) is 2.08. The number of benzene rings is 1. The van der Waals surface area contributed by atoms with Crippen LogP contribution in [0.15, 0.2) is 24.3 Å². The Kier molecular flexibility index (Phi) is 4.18. The van der Waals surface area contributed by atoms with Crippen molar-refractivity contribution in [3.8, 4) is 0 Å². The van der Waals surface area contributed by atoms with Crippen LogP contribution in [0.2, 0.25) is 0 Å². The lowest BCUT2D eigenvalue weighted by molar-refractivity contribution is 0.174. The highest BCUT2D eigenvalue weighted by molar-refractivity contribution is 7.85. The Hall–Kier alpha value is -0.870. The van der Waals surface area contributed by atoms with Crippen LogP contribution in [0.4, 0.5) is 5.69 Å². The highest BCUT2D eigenvalue weighted by Gasteiger charge is 2.19. The molecule has 2 rings (SSSR count). The Morgan fingerprint density at radius 3 is 2.65 bits per heavy atom. The first-order valence-electron chi connectivity index (χ1n) is 6.09. The molecule has 1 N–H and O–H groups in total. The molecule has 1 aliphatic heterocycles. The lowest BCUT2D eigenvalue weighted by Gasteiger charge is -2.31. The van der Waals surface area contributed by atoms with Gasteiger partial charge in [-0.2, -0.15) is 0 Å². The summed E-state index contributed by atoms with van der Waals surface area (Å²) in [5, 5.41) is 10.0. The van der Waals surface area contributed by atoms with Gasteiger partial charge in [0.05, 0.1) is 6.10 Å². The van der Waals surface area contributed by atoms with Crippen molar-refractivity contribution < 1.29 is 9.32 Å². The number of hydrogen-bond acceptors (Lipinski definition) is 3. The van der Waals surface area contributed by atoms with Gasteiger partial charge in [0.15, 0.2) is 0 Å². The Balaban J connectivity index is 2.22. The Morgan fingerprint density at radius 1 is 1.35 bits per heavy atom.